The molecular weight excluding hydrogens is 291 g/mol. The van der Waals surface area contributed by atoms with E-state index < -0.39 is 29.5 Å². The van der Waals surface area contributed by atoms with Crippen LogP contribution >= 0.6 is 0 Å². The number of rotatable bonds is 3. The van der Waals surface area contributed by atoms with Crippen molar-refractivity contribution in [1.29, 1.82) is 0 Å². The van der Waals surface area contributed by atoms with Crippen LogP contribution in [0.4, 0.5) is 22.0 Å². The fourth-order valence-electron chi connectivity index (χ4n) is 1.93. The highest BCUT2D eigenvalue weighted by Gasteiger charge is 2.30. The maximum atomic E-state index is 13.5. The fraction of sp³-hybridized carbons (Fsp3) is 0.200. The summed E-state index contributed by atoms with van der Waals surface area (Å²) >= 11 is 0. The molecule has 0 heterocycles. The van der Waals surface area contributed by atoms with Crippen molar-refractivity contribution in [3.63, 3.8) is 0 Å². The first kappa shape index (κ1) is 15.4. The lowest BCUT2D eigenvalue weighted by atomic mass is 10.00. The van der Waals surface area contributed by atoms with E-state index in [2.05, 4.69) is 0 Å². The topological polar surface area (TPSA) is 20.2 Å². The average Bonchev–Trinajstić information content (AvgIpc) is 2.38. The van der Waals surface area contributed by atoms with Gasteiger partial charge in [0.2, 0.25) is 0 Å². The molecule has 112 valence electrons. The lowest BCUT2D eigenvalue weighted by Crippen LogP contribution is -2.07. The first-order chi connectivity index (χ1) is 9.77. The second-order valence-electron chi connectivity index (χ2n) is 4.58. The van der Waals surface area contributed by atoms with Crippen molar-refractivity contribution < 1.29 is 27.1 Å². The third-order valence-electron chi connectivity index (χ3n) is 3.03. The Hall–Kier alpha value is -1.95. The molecule has 0 aliphatic rings. The molecular formula is C15H11F5O. The molecule has 1 nitrogen and oxygen atoms in total. The van der Waals surface area contributed by atoms with Gasteiger partial charge in [0.25, 0.3) is 0 Å². The zero-order valence-electron chi connectivity index (χ0n) is 10.7. The van der Waals surface area contributed by atoms with Crippen LogP contribution in [-0.4, -0.2) is 5.11 Å². The predicted octanol–water partition coefficient (Wildman–Crippen LogP) is 4.26. The fourth-order valence-corrected chi connectivity index (χ4v) is 1.93. The van der Waals surface area contributed by atoms with Crippen LogP contribution in [-0.2, 0) is 12.6 Å². The molecule has 0 saturated carbocycles. The van der Waals surface area contributed by atoms with Crippen molar-refractivity contribution in [2.45, 2.75) is 18.7 Å². The summed E-state index contributed by atoms with van der Waals surface area (Å²) in [7, 11) is 0. The van der Waals surface area contributed by atoms with Gasteiger partial charge in [0.05, 0.1) is 11.7 Å². The summed E-state index contributed by atoms with van der Waals surface area (Å²) in [6, 6.07) is 6.98. The zero-order chi connectivity index (χ0) is 15.6. The highest BCUT2D eigenvalue weighted by molar-refractivity contribution is 5.27. The summed E-state index contributed by atoms with van der Waals surface area (Å²) in [5, 5.41) is 9.89. The Morgan fingerprint density at radius 1 is 0.952 bits per heavy atom. The minimum atomic E-state index is -4.43. The molecule has 0 radical (unpaired) electrons. The van der Waals surface area contributed by atoms with Crippen LogP contribution in [0, 0.1) is 11.6 Å². The van der Waals surface area contributed by atoms with Gasteiger partial charge >= 0.3 is 6.18 Å². The minimum Gasteiger partial charge on any atom is -0.388 e. The quantitative estimate of drug-likeness (QED) is 0.840. The van der Waals surface area contributed by atoms with E-state index in [0.717, 1.165) is 24.3 Å². The van der Waals surface area contributed by atoms with E-state index in [1.807, 2.05) is 0 Å². The largest absolute Gasteiger partial charge is 0.416 e. The lowest BCUT2D eigenvalue weighted by Gasteiger charge is -2.13. The van der Waals surface area contributed by atoms with Crippen molar-refractivity contribution in [3.05, 3.63) is 70.8 Å². The Balaban J connectivity index is 2.14. The smallest absolute Gasteiger partial charge is 0.388 e. The van der Waals surface area contributed by atoms with Crippen LogP contribution in [0.15, 0.2) is 42.5 Å². The first-order valence-corrected chi connectivity index (χ1v) is 6.06. The monoisotopic (exact) mass is 302 g/mol. The summed E-state index contributed by atoms with van der Waals surface area (Å²) in [5.74, 6) is -1.66. The highest BCUT2D eigenvalue weighted by Crippen LogP contribution is 2.30. The summed E-state index contributed by atoms with van der Waals surface area (Å²) in [6.45, 7) is 0. The minimum absolute atomic E-state index is 0.0688. The average molecular weight is 302 g/mol. The molecule has 0 saturated heterocycles. The summed E-state index contributed by atoms with van der Waals surface area (Å²) in [6.07, 6.45) is -5.76. The van der Waals surface area contributed by atoms with Gasteiger partial charge < -0.3 is 5.11 Å². The molecule has 1 atom stereocenters. The van der Waals surface area contributed by atoms with E-state index >= 15 is 0 Å². The lowest BCUT2D eigenvalue weighted by molar-refractivity contribution is -0.137. The van der Waals surface area contributed by atoms with E-state index in [1.54, 1.807) is 0 Å². The zero-order valence-corrected chi connectivity index (χ0v) is 10.7. The number of aliphatic hydroxyl groups is 1. The SMILES string of the molecule is OC(Cc1ccc(C(F)(F)F)cc1)c1ccc(F)cc1F. The van der Waals surface area contributed by atoms with Gasteiger partial charge in [-0.05, 0) is 23.8 Å². The van der Waals surface area contributed by atoms with Crippen molar-refractivity contribution >= 4 is 0 Å². The third-order valence-corrected chi connectivity index (χ3v) is 3.03. The Bertz CT molecular complexity index is 619. The van der Waals surface area contributed by atoms with Gasteiger partial charge in [0.15, 0.2) is 0 Å². The van der Waals surface area contributed by atoms with Crippen LogP contribution in [0.3, 0.4) is 0 Å². The first-order valence-electron chi connectivity index (χ1n) is 6.06. The molecule has 0 amide bonds. The Morgan fingerprint density at radius 3 is 2.10 bits per heavy atom. The van der Waals surface area contributed by atoms with Crippen LogP contribution in [0.25, 0.3) is 0 Å². The Kier molecular flexibility index (Phi) is 4.27. The number of hydrogen-bond acceptors (Lipinski definition) is 1. The highest BCUT2D eigenvalue weighted by atomic mass is 19.4. The van der Waals surface area contributed by atoms with Crippen LogP contribution in [0.5, 0.6) is 0 Å². The number of aliphatic hydroxyl groups excluding tert-OH is 1. The second-order valence-corrected chi connectivity index (χ2v) is 4.58. The Morgan fingerprint density at radius 2 is 1.57 bits per heavy atom. The summed E-state index contributed by atoms with van der Waals surface area (Å²) in [5.41, 5.74) is -0.482. The molecule has 0 fully saturated rings. The molecule has 2 rings (SSSR count). The molecule has 2 aromatic rings. The summed E-state index contributed by atoms with van der Waals surface area (Å²) in [4.78, 5) is 0. The van der Waals surface area contributed by atoms with Crippen LogP contribution in [0.2, 0.25) is 0 Å². The van der Waals surface area contributed by atoms with Gasteiger partial charge in [-0.25, -0.2) is 8.78 Å². The molecule has 1 N–H and O–H groups in total. The second kappa shape index (κ2) is 5.81. The molecule has 6 heteroatoms. The molecule has 1 unspecified atom stereocenters. The van der Waals surface area contributed by atoms with Gasteiger partial charge in [-0.15, -0.1) is 0 Å². The molecule has 0 spiro atoms. The van der Waals surface area contributed by atoms with Gasteiger partial charge in [-0.3, -0.25) is 0 Å². The Labute approximate surface area is 117 Å². The van der Waals surface area contributed by atoms with Crippen molar-refractivity contribution in [3.8, 4) is 0 Å². The van der Waals surface area contributed by atoms with E-state index in [9.17, 15) is 27.1 Å². The maximum absolute atomic E-state index is 13.5. The van der Waals surface area contributed by atoms with Crippen molar-refractivity contribution in [2.75, 3.05) is 0 Å². The van der Waals surface area contributed by atoms with E-state index in [-0.39, 0.29) is 12.0 Å². The maximum Gasteiger partial charge on any atom is 0.416 e. The van der Waals surface area contributed by atoms with E-state index in [1.165, 1.54) is 12.1 Å². The molecule has 0 aliphatic heterocycles. The van der Waals surface area contributed by atoms with Crippen LogP contribution in [0.1, 0.15) is 22.8 Å². The van der Waals surface area contributed by atoms with Crippen molar-refractivity contribution in [2.24, 2.45) is 0 Å². The van der Waals surface area contributed by atoms with Gasteiger partial charge in [0, 0.05) is 18.1 Å². The molecule has 0 bridgehead atoms. The van der Waals surface area contributed by atoms with Gasteiger partial charge in [-0.2, -0.15) is 13.2 Å². The van der Waals surface area contributed by atoms with Gasteiger partial charge in [0.1, 0.15) is 11.6 Å². The van der Waals surface area contributed by atoms with Crippen molar-refractivity contribution in [1.82, 2.24) is 0 Å². The van der Waals surface area contributed by atoms with E-state index in [4.69, 9.17) is 0 Å². The normalized spacial score (nSPS) is 13.2. The van der Waals surface area contributed by atoms with Gasteiger partial charge in [-0.1, -0.05) is 18.2 Å². The summed E-state index contributed by atoms with van der Waals surface area (Å²) < 4.78 is 63.5. The standard InChI is InChI=1S/C15H11F5O/c16-11-5-6-12(13(17)8-11)14(21)7-9-1-3-10(4-2-9)15(18,19)20/h1-6,8,14,21H,7H2. The number of hydrogen-bond donors (Lipinski definition) is 1. The molecule has 2 aromatic carbocycles. The molecule has 0 aromatic heterocycles. The molecule has 0 aliphatic carbocycles. The van der Waals surface area contributed by atoms with Crippen LogP contribution < -0.4 is 0 Å². The predicted molar refractivity (Wildman–Crippen MR) is 66.5 cm³/mol. The van der Waals surface area contributed by atoms with E-state index in [0.29, 0.717) is 11.6 Å². The number of benzene rings is 2. The third kappa shape index (κ3) is 3.78. The number of alkyl halides is 3. The molecule has 21 heavy (non-hydrogen) atoms. The number of halogens is 5.